The van der Waals surface area contributed by atoms with Gasteiger partial charge >= 0.3 is 5.97 Å². The van der Waals surface area contributed by atoms with E-state index in [1.807, 2.05) is 13.0 Å². The van der Waals surface area contributed by atoms with Crippen LogP contribution in [0.1, 0.15) is 65.1 Å². The van der Waals surface area contributed by atoms with E-state index < -0.39 is 28.6 Å². The van der Waals surface area contributed by atoms with E-state index in [4.69, 9.17) is 9.72 Å². The fourth-order valence-electron chi connectivity index (χ4n) is 6.41. The summed E-state index contributed by atoms with van der Waals surface area (Å²) in [4.78, 5) is 54.6. The van der Waals surface area contributed by atoms with Crippen molar-refractivity contribution < 1.29 is 19.0 Å². The number of nitrogens with zero attached hydrogens (tertiary/aromatic N) is 2. The molecule has 0 radical (unpaired) electrons. The quantitative estimate of drug-likeness (QED) is 0.277. The zero-order valence-corrected chi connectivity index (χ0v) is 20.6. The summed E-state index contributed by atoms with van der Waals surface area (Å²) in [5.41, 5.74) is 3.27. The number of pyridine rings is 2. The molecule has 4 heterocycles. The number of aromatic nitrogens is 2. The van der Waals surface area contributed by atoms with Crippen molar-refractivity contribution in [1.82, 2.24) is 9.55 Å². The van der Waals surface area contributed by atoms with Crippen LogP contribution in [0, 0.1) is 12.7 Å². The molecule has 3 aliphatic rings. The number of rotatable bonds is 3. The normalized spacial score (nSPS) is 19.3. The van der Waals surface area contributed by atoms with Crippen LogP contribution in [0.25, 0.3) is 22.3 Å². The fraction of sp³-hybridized carbons (Fsp3) is 0.321. The van der Waals surface area contributed by atoms with Crippen LogP contribution in [0.15, 0.2) is 26.5 Å². The Morgan fingerprint density at radius 3 is 2.68 bits per heavy atom. The molecule has 38 heavy (non-hydrogen) atoms. The third-order valence-corrected chi connectivity index (χ3v) is 8.40. The topological polar surface area (TPSA) is 128 Å². The summed E-state index contributed by atoms with van der Waals surface area (Å²) in [5, 5.41) is 13.8. The Morgan fingerprint density at radius 1 is 1.16 bits per heavy atom. The first-order valence-corrected chi connectivity index (χ1v) is 12.6. The van der Waals surface area contributed by atoms with Gasteiger partial charge in [0, 0.05) is 17.0 Å². The first-order valence-electron chi connectivity index (χ1n) is 12.6. The van der Waals surface area contributed by atoms with Crippen molar-refractivity contribution in [2.75, 3.05) is 5.32 Å². The smallest absolute Gasteiger partial charge is 0.313 e. The molecule has 4 aromatic rings. The molecular weight excluding hydrogens is 493 g/mol. The number of cyclic esters (lactones) is 1. The van der Waals surface area contributed by atoms with Crippen molar-refractivity contribution in [3.63, 3.8) is 0 Å². The van der Waals surface area contributed by atoms with E-state index in [-0.39, 0.29) is 36.2 Å². The lowest BCUT2D eigenvalue weighted by atomic mass is 9.81. The molecule has 192 valence electrons. The standard InChI is InChI=1S/C28H22FN3O6/c1-3-11-13-6-19-22-14(8-32(19)27(36)15(13)9-38-28(11)37)21-17(30-23-24(33)26(35)25(23)34)5-4-12-10(2)16(29)7-18(31-22)20(12)21/h6-7,11,17,30,33H,3-5,8-9H2,1-2H3. The molecule has 9 nitrogen and oxygen atoms in total. The van der Waals surface area contributed by atoms with Gasteiger partial charge in [0.15, 0.2) is 5.75 Å². The highest BCUT2D eigenvalue weighted by Gasteiger charge is 2.38. The van der Waals surface area contributed by atoms with Crippen molar-refractivity contribution in [1.29, 1.82) is 0 Å². The number of nitrogens with one attached hydrogen (secondary N) is 1. The van der Waals surface area contributed by atoms with Crippen LogP contribution in [0.5, 0.6) is 5.75 Å². The minimum absolute atomic E-state index is 0.0926. The highest BCUT2D eigenvalue weighted by Crippen LogP contribution is 2.46. The van der Waals surface area contributed by atoms with Crippen molar-refractivity contribution in [3.8, 4) is 17.1 Å². The lowest BCUT2D eigenvalue weighted by molar-refractivity contribution is -0.148. The summed E-state index contributed by atoms with van der Waals surface area (Å²) in [7, 11) is 0. The largest absolute Gasteiger partial charge is 0.502 e. The molecule has 0 fully saturated rings. The van der Waals surface area contributed by atoms with Gasteiger partial charge in [-0.2, -0.15) is 0 Å². The van der Waals surface area contributed by atoms with Gasteiger partial charge in [0.2, 0.25) is 0 Å². The molecule has 7 rings (SSSR count). The Kier molecular flexibility index (Phi) is 4.56. The van der Waals surface area contributed by atoms with E-state index in [0.717, 1.165) is 22.1 Å². The minimum atomic E-state index is -0.932. The molecule has 2 aromatic heterocycles. The number of benzene rings is 1. The van der Waals surface area contributed by atoms with Gasteiger partial charge in [-0.15, -0.1) is 0 Å². The molecule has 0 saturated carbocycles. The Hall–Kier alpha value is -4.34. The number of esters is 1. The van der Waals surface area contributed by atoms with Crippen LogP contribution < -0.4 is 21.7 Å². The predicted molar refractivity (Wildman–Crippen MR) is 136 cm³/mol. The molecule has 2 unspecified atom stereocenters. The van der Waals surface area contributed by atoms with Crippen LogP contribution in [-0.2, 0) is 29.1 Å². The van der Waals surface area contributed by atoms with Crippen molar-refractivity contribution in [2.24, 2.45) is 0 Å². The van der Waals surface area contributed by atoms with E-state index in [9.17, 15) is 28.7 Å². The minimum Gasteiger partial charge on any atom is -0.502 e. The molecule has 0 bridgehead atoms. The predicted octanol–water partition coefficient (Wildman–Crippen LogP) is 2.82. The average molecular weight is 515 g/mol. The monoisotopic (exact) mass is 515 g/mol. The molecule has 2 aromatic carbocycles. The number of carbonyl (C=O) groups is 1. The molecule has 10 heteroatoms. The highest BCUT2D eigenvalue weighted by molar-refractivity contribution is 5.93. The number of hydrogen-bond acceptors (Lipinski definition) is 8. The zero-order chi connectivity index (χ0) is 26.6. The number of carbonyl (C=O) groups excluding carboxylic acids is 1. The zero-order valence-electron chi connectivity index (χ0n) is 20.6. The van der Waals surface area contributed by atoms with Crippen molar-refractivity contribution in [3.05, 3.63) is 82.1 Å². The summed E-state index contributed by atoms with van der Waals surface area (Å²) in [6, 6.07) is 2.72. The van der Waals surface area contributed by atoms with Crippen LogP contribution in [0.4, 0.5) is 10.1 Å². The molecule has 0 saturated heterocycles. The van der Waals surface area contributed by atoms with Gasteiger partial charge in [0.05, 0.1) is 41.0 Å². The SMILES string of the molecule is CCC1C(=O)OCc2c1cc1n(c2=O)Cc2c-1nc1cc(F)c(C)c3c1c2C(Nc1c(O)c(=O)c1=O)CC3. The van der Waals surface area contributed by atoms with E-state index in [1.54, 1.807) is 11.5 Å². The van der Waals surface area contributed by atoms with Gasteiger partial charge in [-0.25, -0.2) is 9.37 Å². The number of fused-ring (bicyclic) bond motifs is 5. The maximum absolute atomic E-state index is 15.0. The number of halogens is 1. The van der Waals surface area contributed by atoms with Crippen molar-refractivity contribution in [2.45, 2.75) is 58.2 Å². The molecule has 0 spiro atoms. The number of anilines is 1. The lowest BCUT2D eigenvalue weighted by Crippen LogP contribution is -2.35. The molecule has 2 atom stereocenters. The highest BCUT2D eigenvalue weighted by atomic mass is 19.1. The molecule has 0 amide bonds. The number of aryl methyl sites for hydroxylation is 1. The van der Waals surface area contributed by atoms with E-state index in [0.29, 0.717) is 52.9 Å². The first-order chi connectivity index (χ1) is 18.2. The van der Waals surface area contributed by atoms with Gasteiger partial charge in [0.1, 0.15) is 18.1 Å². The van der Waals surface area contributed by atoms with Gasteiger partial charge < -0.3 is 19.7 Å². The second kappa shape index (κ2) is 7.59. The van der Waals surface area contributed by atoms with E-state index >= 15 is 0 Å². The molecule has 1 aliphatic carbocycles. The summed E-state index contributed by atoms with van der Waals surface area (Å²) in [5.74, 6) is -1.91. The Bertz CT molecular complexity index is 1900. The third-order valence-electron chi connectivity index (χ3n) is 8.40. The van der Waals surface area contributed by atoms with Gasteiger partial charge in [-0.3, -0.25) is 19.2 Å². The fourth-order valence-corrected chi connectivity index (χ4v) is 6.41. The maximum atomic E-state index is 15.0. The second-order valence-electron chi connectivity index (χ2n) is 10.2. The number of aromatic hydroxyl groups is 1. The lowest BCUT2D eigenvalue weighted by Gasteiger charge is -2.30. The Labute approximate surface area is 214 Å². The van der Waals surface area contributed by atoms with Crippen LogP contribution in [0.3, 0.4) is 0 Å². The maximum Gasteiger partial charge on any atom is 0.313 e. The molecular formula is C28H22FN3O6. The number of ether oxygens (including phenoxy) is 1. The van der Waals surface area contributed by atoms with E-state index in [2.05, 4.69) is 5.32 Å². The Balaban J connectivity index is 1.50. The summed E-state index contributed by atoms with van der Waals surface area (Å²) in [6.07, 6.45) is 1.45. The van der Waals surface area contributed by atoms with Crippen LogP contribution in [0.2, 0.25) is 0 Å². The van der Waals surface area contributed by atoms with E-state index in [1.165, 1.54) is 6.07 Å². The molecule has 2 aliphatic heterocycles. The average Bonchev–Trinajstić information content (AvgIpc) is 3.28. The van der Waals surface area contributed by atoms with Gasteiger partial charge in [0.25, 0.3) is 16.4 Å². The van der Waals surface area contributed by atoms with Gasteiger partial charge in [-0.1, -0.05) is 6.92 Å². The summed E-state index contributed by atoms with van der Waals surface area (Å²) in [6.45, 7) is 3.68. The number of hydrogen-bond donors (Lipinski definition) is 2. The van der Waals surface area contributed by atoms with Gasteiger partial charge in [-0.05, 0) is 54.5 Å². The third kappa shape index (κ3) is 2.77. The Morgan fingerprint density at radius 2 is 1.95 bits per heavy atom. The summed E-state index contributed by atoms with van der Waals surface area (Å²) >= 11 is 0. The molecule has 2 N–H and O–H groups in total. The second-order valence-corrected chi connectivity index (χ2v) is 10.2. The van der Waals surface area contributed by atoms with Crippen LogP contribution in [-0.4, -0.2) is 20.6 Å². The first kappa shape index (κ1) is 22.8. The summed E-state index contributed by atoms with van der Waals surface area (Å²) < 4.78 is 21.8. The van der Waals surface area contributed by atoms with Crippen molar-refractivity contribution >= 4 is 22.6 Å². The van der Waals surface area contributed by atoms with Crippen LogP contribution >= 0.6 is 0 Å².